The molecule has 0 aliphatic rings. The van der Waals surface area contributed by atoms with Crippen LogP contribution in [-0.4, -0.2) is 46.0 Å². The molecule has 0 aliphatic carbocycles. The number of rotatable bonds is 6. The third-order valence-corrected chi connectivity index (χ3v) is 4.95. The molecule has 2 N–H and O–H groups in total. The number of carbonyl (C=O) groups is 2. The van der Waals surface area contributed by atoms with Gasteiger partial charge < -0.3 is 15.2 Å². The van der Waals surface area contributed by atoms with Crippen molar-refractivity contribution in [3.63, 3.8) is 0 Å². The lowest BCUT2D eigenvalue weighted by Crippen LogP contribution is -2.35. The molecule has 27 heavy (non-hydrogen) atoms. The standard InChI is InChI=1S/C20H22N4O2S/c1-13-4-7-15(8-5-13)21-18(25)11-24(3)19(26)12-27-20-22-16-9-6-14(2)10-17(16)23-20/h4-10H,11-12H2,1-3H3,(H,21,25)(H,22,23). The Morgan fingerprint density at radius 1 is 1.11 bits per heavy atom. The zero-order chi connectivity index (χ0) is 19.4. The summed E-state index contributed by atoms with van der Waals surface area (Å²) in [4.78, 5) is 33.5. The SMILES string of the molecule is Cc1ccc(NC(=O)CN(C)C(=O)CSc2nc3ccc(C)cc3[nH]2)cc1. The van der Waals surface area contributed by atoms with Crippen LogP contribution in [0.4, 0.5) is 5.69 Å². The molecule has 1 heterocycles. The molecule has 3 rings (SSSR count). The topological polar surface area (TPSA) is 78.1 Å². The molecular formula is C20H22N4O2S. The number of fused-ring (bicyclic) bond motifs is 1. The summed E-state index contributed by atoms with van der Waals surface area (Å²) in [6, 6.07) is 13.5. The van der Waals surface area contributed by atoms with Gasteiger partial charge in [-0.2, -0.15) is 0 Å². The van der Waals surface area contributed by atoms with E-state index in [-0.39, 0.29) is 24.1 Å². The number of likely N-dealkylation sites (N-methyl/N-ethyl adjacent to an activating group) is 1. The third-order valence-electron chi connectivity index (χ3n) is 4.09. The molecule has 0 bridgehead atoms. The fourth-order valence-electron chi connectivity index (χ4n) is 2.55. The molecule has 0 radical (unpaired) electrons. The Morgan fingerprint density at radius 3 is 2.56 bits per heavy atom. The predicted octanol–water partition coefficient (Wildman–Crippen LogP) is 3.37. The maximum Gasteiger partial charge on any atom is 0.243 e. The second-order valence-electron chi connectivity index (χ2n) is 6.52. The molecule has 6 nitrogen and oxygen atoms in total. The monoisotopic (exact) mass is 382 g/mol. The molecule has 140 valence electrons. The number of nitrogens with zero attached hydrogens (tertiary/aromatic N) is 2. The first kappa shape index (κ1) is 19.0. The Bertz CT molecular complexity index is 966. The molecule has 0 atom stereocenters. The van der Waals surface area contributed by atoms with Gasteiger partial charge >= 0.3 is 0 Å². The number of imidazole rings is 1. The summed E-state index contributed by atoms with van der Waals surface area (Å²) in [7, 11) is 1.62. The molecule has 0 fully saturated rings. The summed E-state index contributed by atoms with van der Waals surface area (Å²) in [5.74, 6) is -0.137. The minimum absolute atomic E-state index is 0.00654. The van der Waals surface area contributed by atoms with Crippen molar-refractivity contribution in [3.05, 3.63) is 53.6 Å². The van der Waals surface area contributed by atoms with E-state index in [2.05, 4.69) is 15.3 Å². The van der Waals surface area contributed by atoms with Crippen LogP contribution < -0.4 is 5.32 Å². The van der Waals surface area contributed by atoms with E-state index in [4.69, 9.17) is 0 Å². The number of anilines is 1. The first-order valence-corrected chi connectivity index (χ1v) is 9.59. The molecule has 7 heteroatoms. The lowest BCUT2D eigenvalue weighted by atomic mass is 10.2. The first-order valence-electron chi connectivity index (χ1n) is 8.60. The highest BCUT2D eigenvalue weighted by atomic mass is 32.2. The predicted molar refractivity (Wildman–Crippen MR) is 109 cm³/mol. The van der Waals surface area contributed by atoms with Crippen molar-refractivity contribution in [3.8, 4) is 0 Å². The number of carbonyl (C=O) groups excluding carboxylic acids is 2. The number of hydrogen-bond donors (Lipinski definition) is 2. The number of aromatic amines is 1. The Morgan fingerprint density at radius 2 is 1.81 bits per heavy atom. The zero-order valence-corrected chi connectivity index (χ0v) is 16.4. The van der Waals surface area contributed by atoms with Crippen LogP contribution in [0.25, 0.3) is 11.0 Å². The number of amides is 2. The summed E-state index contributed by atoms with van der Waals surface area (Å²) >= 11 is 1.33. The number of thioether (sulfide) groups is 1. The lowest BCUT2D eigenvalue weighted by molar-refractivity contribution is -0.131. The highest BCUT2D eigenvalue weighted by Crippen LogP contribution is 2.20. The van der Waals surface area contributed by atoms with E-state index in [0.717, 1.165) is 27.8 Å². The smallest absolute Gasteiger partial charge is 0.243 e. The van der Waals surface area contributed by atoms with Crippen molar-refractivity contribution >= 4 is 40.3 Å². The van der Waals surface area contributed by atoms with Gasteiger partial charge in [-0.15, -0.1) is 0 Å². The van der Waals surface area contributed by atoms with Gasteiger partial charge in [-0.05, 0) is 43.7 Å². The van der Waals surface area contributed by atoms with E-state index < -0.39 is 0 Å². The Kier molecular flexibility index (Phi) is 5.81. The van der Waals surface area contributed by atoms with Crippen LogP contribution in [0.5, 0.6) is 0 Å². The molecule has 1 aromatic heterocycles. The van der Waals surface area contributed by atoms with Gasteiger partial charge in [0.05, 0.1) is 23.3 Å². The summed E-state index contributed by atoms with van der Waals surface area (Å²) in [6.45, 7) is 4.01. The van der Waals surface area contributed by atoms with Crippen molar-refractivity contribution < 1.29 is 9.59 Å². The fraction of sp³-hybridized carbons (Fsp3) is 0.250. The highest BCUT2D eigenvalue weighted by Gasteiger charge is 2.14. The molecule has 0 aliphatic heterocycles. The van der Waals surface area contributed by atoms with E-state index in [1.807, 2.05) is 56.3 Å². The van der Waals surface area contributed by atoms with E-state index >= 15 is 0 Å². The average Bonchev–Trinajstić information content (AvgIpc) is 3.03. The molecule has 2 amide bonds. The average molecular weight is 382 g/mol. The van der Waals surface area contributed by atoms with Crippen LogP contribution in [0, 0.1) is 13.8 Å². The summed E-state index contributed by atoms with van der Waals surface area (Å²) in [5, 5.41) is 3.49. The van der Waals surface area contributed by atoms with Gasteiger partial charge in [-0.3, -0.25) is 9.59 Å². The quantitative estimate of drug-likeness (QED) is 0.641. The summed E-state index contributed by atoms with van der Waals surface area (Å²) < 4.78 is 0. The van der Waals surface area contributed by atoms with Gasteiger partial charge in [0, 0.05) is 12.7 Å². The van der Waals surface area contributed by atoms with Gasteiger partial charge in [0.25, 0.3) is 0 Å². The largest absolute Gasteiger partial charge is 0.336 e. The zero-order valence-electron chi connectivity index (χ0n) is 15.6. The van der Waals surface area contributed by atoms with Crippen molar-refractivity contribution in [2.45, 2.75) is 19.0 Å². The molecular weight excluding hydrogens is 360 g/mol. The van der Waals surface area contributed by atoms with Gasteiger partial charge in [-0.25, -0.2) is 4.98 Å². The third kappa shape index (κ3) is 5.10. The van der Waals surface area contributed by atoms with Gasteiger partial charge in [0.1, 0.15) is 0 Å². The fourth-order valence-corrected chi connectivity index (χ4v) is 3.38. The van der Waals surface area contributed by atoms with Crippen LogP contribution in [0.1, 0.15) is 11.1 Å². The van der Waals surface area contributed by atoms with Gasteiger partial charge in [0.2, 0.25) is 11.8 Å². The van der Waals surface area contributed by atoms with Crippen LogP contribution in [0.3, 0.4) is 0 Å². The van der Waals surface area contributed by atoms with E-state index in [1.165, 1.54) is 16.7 Å². The molecule has 2 aromatic carbocycles. The molecule has 0 saturated heterocycles. The van der Waals surface area contributed by atoms with Crippen molar-refractivity contribution in [1.29, 1.82) is 0 Å². The number of aromatic nitrogens is 2. The molecule has 0 saturated carbocycles. The highest BCUT2D eigenvalue weighted by molar-refractivity contribution is 7.99. The second kappa shape index (κ2) is 8.26. The van der Waals surface area contributed by atoms with E-state index in [1.54, 1.807) is 7.05 Å². The van der Waals surface area contributed by atoms with Crippen LogP contribution in [-0.2, 0) is 9.59 Å². The first-order chi connectivity index (χ1) is 12.9. The van der Waals surface area contributed by atoms with Gasteiger partial charge in [-0.1, -0.05) is 35.5 Å². The summed E-state index contributed by atoms with van der Waals surface area (Å²) in [6.07, 6.45) is 0. The number of benzene rings is 2. The number of hydrogen-bond acceptors (Lipinski definition) is 4. The van der Waals surface area contributed by atoms with Crippen molar-refractivity contribution in [2.24, 2.45) is 0 Å². The number of nitrogens with one attached hydrogen (secondary N) is 2. The maximum atomic E-state index is 12.3. The normalized spacial score (nSPS) is 10.8. The molecule has 0 unspecified atom stereocenters. The summed E-state index contributed by atoms with van der Waals surface area (Å²) in [5.41, 5.74) is 4.83. The number of H-pyrrole nitrogens is 1. The lowest BCUT2D eigenvalue weighted by Gasteiger charge is -2.16. The van der Waals surface area contributed by atoms with Gasteiger partial charge in [0.15, 0.2) is 5.16 Å². The van der Waals surface area contributed by atoms with Crippen LogP contribution in [0.2, 0.25) is 0 Å². The second-order valence-corrected chi connectivity index (χ2v) is 7.48. The van der Waals surface area contributed by atoms with Crippen molar-refractivity contribution in [2.75, 3.05) is 24.7 Å². The van der Waals surface area contributed by atoms with Crippen LogP contribution >= 0.6 is 11.8 Å². The van der Waals surface area contributed by atoms with E-state index in [0.29, 0.717) is 5.16 Å². The number of aryl methyl sites for hydroxylation is 2. The minimum Gasteiger partial charge on any atom is -0.336 e. The van der Waals surface area contributed by atoms with Crippen LogP contribution in [0.15, 0.2) is 47.6 Å². The maximum absolute atomic E-state index is 12.3. The Hall–Kier alpha value is -2.80. The Labute approximate surface area is 162 Å². The minimum atomic E-state index is -0.223. The molecule has 3 aromatic rings. The van der Waals surface area contributed by atoms with Crippen molar-refractivity contribution in [1.82, 2.24) is 14.9 Å². The van der Waals surface area contributed by atoms with E-state index in [9.17, 15) is 9.59 Å². The molecule has 0 spiro atoms. The Balaban J connectivity index is 1.50.